The van der Waals surface area contributed by atoms with E-state index in [1.54, 1.807) is 0 Å². The third-order valence-corrected chi connectivity index (χ3v) is 4.21. The second kappa shape index (κ2) is 6.10. The first-order valence-electron chi connectivity index (χ1n) is 5.80. The van der Waals surface area contributed by atoms with Crippen LogP contribution in [0.2, 0.25) is 0 Å². The second-order valence-corrected chi connectivity index (χ2v) is 5.67. The van der Waals surface area contributed by atoms with Crippen molar-refractivity contribution in [3.8, 4) is 0 Å². The van der Waals surface area contributed by atoms with Crippen LogP contribution in [0.1, 0.15) is 26.7 Å². The van der Waals surface area contributed by atoms with Crippen molar-refractivity contribution < 1.29 is 52.7 Å². The molecule has 0 fully saturated rings. The van der Waals surface area contributed by atoms with E-state index < -0.39 is 58.8 Å². The molecule has 0 aromatic heterocycles. The van der Waals surface area contributed by atoms with E-state index in [4.69, 9.17) is 0 Å². The SMILES string of the molecule is CCC(F)(C(F)(F)F)C(F)(F)SC(F)(F)C(F)(CC)C(F)(F)F. The average molecular weight is 390 g/mol. The number of alkyl halides is 12. The first kappa shape index (κ1) is 22.5. The molecule has 2 unspecified atom stereocenters. The lowest BCUT2D eigenvalue weighted by Crippen LogP contribution is -2.59. The molecule has 0 radical (unpaired) electrons. The zero-order chi connectivity index (χ0) is 19.1. The van der Waals surface area contributed by atoms with E-state index in [0.717, 1.165) is 0 Å². The third-order valence-electron chi connectivity index (χ3n) is 3.05. The summed E-state index contributed by atoms with van der Waals surface area (Å²) in [5.74, 6) is 0. The second-order valence-electron chi connectivity index (χ2n) is 4.44. The van der Waals surface area contributed by atoms with E-state index >= 15 is 0 Å². The van der Waals surface area contributed by atoms with Crippen LogP contribution in [0, 0.1) is 0 Å². The van der Waals surface area contributed by atoms with Crippen molar-refractivity contribution in [1.29, 1.82) is 0 Å². The number of rotatable bonds is 6. The van der Waals surface area contributed by atoms with Gasteiger partial charge in [-0.2, -0.15) is 43.9 Å². The van der Waals surface area contributed by atoms with Gasteiger partial charge < -0.3 is 0 Å². The minimum absolute atomic E-state index is 0.229. The maximum absolute atomic E-state index is 13.5. The van der Waals surface area contributed by atoms with Crippen molar-refractivity contribution in [2.45, 2.75) is 60.9 Å². The zero-order valence-corrected chi connectivity index (χ0v) is 12.2. The average Bonchev–Trinajstić information content (AvgIpc) is 2.31. The number of halogens is 12. The Morgan fingerprint density at radius 1 is 0.522 bits per heavy atom. The van der Waals surface area contributed by atoms with Crippen LogP contribution in [0.3, 0.4) is 0 Å². The fourth-order valence-corrected chi connectivity index (χ4v) is 2.63. The zero-order valence-electron chi connectivity index (χ0n) is 11.4. The first-order chi connectivity index (χ1) is 9.83. The lowest BCUT2D eigenvalue weighted by atomic mass is 10.0. The van der Waals surface area contributed by atoms with Gasteiger partial charge in [-0.3, -0.25) is 0 Å². The van der Waals surface area contributed by atoms with Gasteiger partial charge in [-0.15, -0.1) is 0 Å². The molecule has 0 heterocycles. The van der Waals surface area contributed by atoms with E-state index in [1.807, 2.05) is 0 Å². The maximum atomic E-state index is 13.5. The normalized spacial score (nSPS) is 20.1. The van der Waals surface area contributed by atoms with Gasteiger partial charge in [0.2, 0.25) is 0 Å². The highest BCUT2D eigenvalue weighted by atomic mass is 32.2. The fraction of sp³-hybridized carbons (Fsp3) is 1.00. The Morgan fingerprint density at radius 3 is 0.870 bits per heavy atom. The quantitative estimate of drug-likeness (QED) is 0.482. The summed E-state index contributed by atoms with van der Waals surface area (Å²) in [4.78, 5) is 0. The van der Waals surface area contributed by atoms with Gasteiger partial charge in [0.15, 0.2) is 0 Å². The Labute approximate surface area is 126 Å². The predicted molar refractivity (Wildman–Crippen MR) is 57.9 cm³/mol. The van der Waals surface area contributed by atoms with Crippen LogP contribution in [0.4, 0.5) is 52.7 Å². The molecule has 0 rings (SSSR count). The number of hydrogen-bond donors (Lipinski definition) is 0. The van der Waals surface area contributed by atoms with Crippen LogP contribution in [0.5, 0.6) is 0 Å². The van der Waals surface area contributed by atoms with Crippen LogP contribution >= 0.6 is 11.8 Å². The molecule has 0 spiro atoms. The smallest absolute Gasteiger partial charge is 0.226 e. The van der Waals surface area contributed by atoms with E-state index in [0.29, 0.717) is 0 Å². The van der Waals surface area contributed by atoms with Crippen molar-refractivity contribution in [2.24, 2.45) is 0 Å². The molecule has 140 valence electrons. The summed E-state index contributed by atoms with van der Waals surface area (Å²) in [6, 6.07) is 0. The lowest BCUT2D eigenvalue weighted by Gasteiger charge is -2.39. The molecule has 0 aliphatic heterocycles. The van der Waals surface area contributed by atoms with Gasteiger partial charge in [0.1, 0.15) is 0 Å². The summed E-state index contributed by atoms with van der Waals surface area (Å²) in [7, 11) is 0. The molecule has 0 aromatic carbocycles. The molecule has 23 heavy (non-hydrogen) atoms. The Balaban J connectivity index is 5.94. The van der Waals surface area contributed by atoms with Gasteiger partial charge in [-0.1, -0.05) is 13.8 Å². The third kappa shape index (κ3) is 3.63. The van der Waals surface area contributed by atoms with Crippen molar-refractivity contribution in [3.05, 3.63) is 0 Å². The molecule has 0 aromatic rings. The summed E-state index contributed by atoms with van der Waals surface area (Å²) < 4.78 is 155. The Hall–Kier alpha value is -0.490. The van der Waals surface area contributed by atoms with Crippen LogP contribution in [0.15, 0.2) is 0 Å². The Bertz CT molecular complexity index is 375. The van der Waals surface area contributed by atoms with Gasteiger partial charge in [0.05, 0.1) is 0 Å². The maximum Gasteiger partial charge on any atom is 0.429 e. The van der Waals surface area contributed by atoms with Gasteiger partial charge in [-0.05, 0) is 24.6 Å². The molecule has 0 aliphatic rings. The Morgan fingerprint density at radius 2 is 0.739 bits per heavy atom. The summed E-state index contributed by atoms with van der Waals surface area (Å²) in [5, 5.41) is -12.1. The van der Waals surface area contributed by atoms with E-state index in [2.05, 4.69) is 0 Å². The number of thioether (sulfide) groups is 1. The van der Waals surface area contributed by atoms with E-state index in [9.17, 15) is 52.7 Å². The van der Waals surface area contributed by atoms with Crippen LogP contribution in [-0.4, -0.2) is 34.2 Å². The van der Waals surface area contributed by atoms with Crippen molar-refractivity contribution in [1.82, 2.24) is 0 Å². The van der Waals surface area contributed by atoms with Crippen LogP contribution < -0.4 is 0 Å². The minimum atomic E-state index is -6.36. The molecule has 0 saturated heterocycles. The first-order valence-corrected chi connectivity index (χ1v) is 6.61. The molecule has 0 nitrogen and oxygen atoms in total. The molecule has 2 atom stereocenters. The topological polar surface area (TPSA) is 0 Å². The largest absolute Gasteiger partial charge is 0.429 e. The summed E-state index contributed by atoms with van der Waals surface area (Å²) in [5.41, 5.74) is -11.1. The monoisotopic (exact) mass is 390 g/mol. The van der Waals surface area contributed by atoms with Gasteiger partial charge in [0, 0.05) is 0 Å². The number of hydrogen-bond acceptors (Lipinski definition) is 1. The molecule has 0 N–H and O–H groups in total. The Kier molecular flexibility index (Phi) is 5.97. The lowest BCUT2D eigenvalue weighted by molar-refractivity contribution is -0.287. The standard InChI is InChI=1S/C10H10F12S/c1-3-5(11,7(13,14)15)9(19,20)23-10(21,22)6(12,4-2)8(16,17)18/h3-4H2,1-2H3. The van der Waals surface area contributed by atoms with Crippen LogP contribution in [-0.2, 0) is 0 Å². The molecule has 0 aliphatic carbocycles. The highest BCUT2D eigenvalue weighted by Crippen LogP contribution is 2.61. The fourth-order valence-electron chi connectivity index (χ4n) is 1.47. The minimum Gasteiger partial charge on any atom is -0.226 e. The van der Waals surface area contributed by atoms with Crippen molar-refractivity contribution in [3.63, 3.8) is 0 Å². The van der Waals surface area contributed by atoms with E-state index in [1.165, 1.54) is 0 Å². The van der Waals surface area contributed by atoms with Gasteiger partial charge >= 0.3 is 22.9 Å². The molecular weight excluding hydrogens is 380 g/mol. The van der Waals surface area contributed by atoms with Crippen molar-refractivity contribution in [2.75, 3.05) is 0 Å². The molecule has 0 saturated carbocycles. The summed E-state index contributed by atoms with van der Waals surface area (Å²) in [6.07, 6.45) is -16.9. The van der Waals surface area contributed by atoms with Crippen molar-refractivity contribution >= 4 is 11.8 Å². The molecular formula is C10H10F12S. The summed E-state index contributed by atoms with van der Waals surface area (Å²) >= 11 is -2.64. The molecule has 0 bridgehead atoms. The van der Waals surface area contributed by atoms with Gasteiger partial charge in [0.25, 0.3) is 11.3 Å². The molecule has 0 amide bonds. The predicted octanol–water partition coefficient (Wildman–Crippen LogP) is 6.27. The van der Waals surface area contributed by atoms with E-state index in [-0.39, 0.29) is 13.8 Å². The highest BCUT2D eigenvalue weighted by molar-refractivity contribution is 8.01. The molecule has 13 heteroatoms. The highest BCUT2D eigenvalue weighted by Gasteiger charge is 2.78. The van der Waals surface area contributed by atoms with Crippen LogP contribution in [0.25, 0.3) is 0 Å². The van der Waals surface area contributed by atoms with Gasteiger partial charge in [-0.25, -0.2) is 8.78 Å². The summed E-state index contributed by atoms with van der Waals surface area (Å²) in [6.45, 7) is 0.457.